The zero-order valence-electron chi connectivity index (χ0n) is 11.0. The van der Waals surface area contributed by atoms with Crippen molar-refractivity contribution in [3.05, 3.63) is 0 Å². The van der Waals surface area contributed by atoms with Gasteiger partial charge in [-0.2, -0.15) is 0 Å². The average molecular weight is 238 g/mol. The van der Waals surface area contributed by atoms with E-state index in [0.717, 1.165) is 44.4 Å². The van der Waals surface area contributed by atoms with Crippen LogP contribution in [0.3, 0.4) is 0 Å². The van der Waals surface area contributed by atoms with Crippen LogP contribution in [0, 0.1) is 11.3 Å². The molecular weight excluding hydrogens is 212 g/mol. The van der Waals surface area contributed by atoms with Crippen molar-refractivity contribution < 1.29 is 4.79 Å². The molecule has 0 bridgehead atoms. The zero-order chi connectivity index (χ0) is 12.3. The second-order valence-electron chi connectivity index (χ2n) is 6.15. The highest BCUT2D eigenvalue weighted by Crippen LogP contribution is 2.35. The molecule has 0 heterocycles. The molecule has 0 atom stereocenters. The molecule has 2 aliphatic rings. The van der Waals surface area contributed by atoms with Gasteiger partial charge in [-0.3, -0.25) is 4.79 Å². The highest BCUT2D eigenvalue weighted by atomic mass is 16.2. The minimum Gasteiger partial charge on any atom is -0.353 e. The molecule has 0 unspecified atom stereocenters. The van der Waals surface area contributed by atoms with Gasteiger partial charge in [0.2, 0.25) is 5.91 Å². The molecule has 0 saturated heterocycles. The molecule has 2 aliphatic carbocycles. The molecule has 2 saturated carbocycles. The van der Waals surface area contributed by atoms with Crippen LogP contribution in [-0.2, 0) is 4.79 Å². The molecule has 3 nitrogen and oxygen atoms in total. The fraction of sp³-hybridized carbons (Fsp3) is 0.929. The fourth-order valence-electron chi connectivity index (χ4n) is 3.29. The largest absolute Gasteiger partial charge is 0.353 e. The second kappa shape index (κ2) is 5.38. The molecule has 2 fully saturated rings. The molecule has 98 valence electrons. The molecule has 0 aromatic heterocycles. The highest BCUT2D eigenvalue weighted by Gasteiger charge is 2.39. The van der Waals surface area contributed by atoms with Gasteiger partial charge >= 0.3 is 0 Å². The fourth-order valence-corrected chi connectivity index (χ4v) is 3.29. The first-order chi connectivity index (χ1) is 8.16. The first-order valence-corrected chi connectivity index (χ1v) is 7.17. The standard InChI is InChI=1S/C14H26N2O/c1-11-8-12(9-11)16-13(17)14(10-15)6-4-2-3-5-7-14/h11-12H,2-10,15H2,1H3,(H,16,17). The number of hydrogen-bond acceptors (Lipinski definition) is 2. The minimum absolute atomic E-state index is 0.235. The molecule has 0 aromatic rings. The van der Waals surface area contributed by atoms with Gasteiger partial charge in [0.25, 0.3) is 0 Å². The van der Waals surface area contributed by atoms with Gasteiger partial charge in [0.1, 0.15) is 0 Å². The van der Waals surface area contributed by atoms with Crippen molar-refractivity contribution in [2.45, 2.75) is 64.3 Å². The van der Waals surface area contributed by atoms with E-state index in [4.69, 9.17) is 5.73 Å². The molecule has 2 rings (SSSR count). The maximum Gasteiger partial charge on any atom is 0.227 e. The van der Waals surface area contributed by atoms with Crippen molar-refractivity contribution in [2.24, 2.45) is 17.1 Å². The maximum atomic E-state index is 12.4. The summed E-state index contributed by atoms with van der Waals surface area (Å²) in [7, 11) is 0. The predicted octanol–water partition coefficient (Wildman–Crippen LogP) is 2.20. The third-order valence-electron chi connectivity index (χ3n) is 4.64. The first kappa shape index (κ1) is 12.9. The van der Waals surface area contributed by atoms with Crippen molar-refractivity contribution in [3.8, 4) is 0 Å². The summed E-state index contributed by atoms with van der Waals surface area (Å²) < 4.78 is 0. The lowest BCUT2D eigenvalue weighted by molar-refractivity contribution is -0.133. The van der Waals surface area contributed by atoms with Crippen LogP contribution in [0.15, 0.2) is 0 Å². The van der Waals surface area contributed by atoms with Crippen LogP contribution < -0.4 is 11.1 Å². The zero-order valence-corrected chi connectivity index (χ0v) is 11.0. The van der Waals surface area contributed by atoms with E-state index >= 15 is 0 Å². The predicted molar refractivity (Wildman–Crippen MR) is 69.5 cm³/mol. The van der Waals surface area contributed by atoms with E-state index < -0.39 is 0 Å². The summed E-state index contributed by atoms with van der Waals surface area (Å²) in [6, 6.07) is 0.421. The molecule has 1 amide bonds. The van der Waals surface area contributed by atoms with Gasteiger partial charge in [0, 0.05) is 12.6 Å². The number of rotatable bonds is 3. The van der Waals surface area contributed by atoms with Gasteiger partial charge in [0.15, 0.2) is 0 Å². The maximum absolute atomic E-state index is 12.4. The van der Waals surface area contributed by atoms with E-state index in [-0.39, 0.29) is 11.3 Å². The van der Waals surface area contributed by atoms with E-state index in [1.54, 1.807) is 0 Å². The van der Waals surface area contributed by atoms with Gasteiger partial charge in [0.05, 0.1) is 5.41 Å². The Bertz CT molecular complexity index is 263. The SMILES string of the molecule is CC1CC(NC(=O)C2(CN)CCCCCC2)C1. The molecule has 17 heavy (non-hydrogen) atoms. The van der Waals surface area contributed by atoms with Crippen LogP contribution in [0.4, 0.5) is 0 Å². The van der Waals surface area contributed by atoms with Crippen molar-refractivity contribution in [1.82, 2.24) is 5.32 Å². The summed E-state index contributed by atoms with van der Waals surface area (Å²) in [6.07, 6.45) is 9.09. The Morgan fingerprint density at radius 1 is 1.24 bits per heavy atom. The number of carbonyl (C=O) groups excluding carboxylic acids is 1. The first-order valence-electron chi connectivity index (χ1n) is 7.17. The molecule has 3 heteroatoms. The van der Waals surface area contributed by atoms with Crippen LogP contribution >= 0.6 is 0 Å². The number of nitrogens with one attached hydrogen (secondary N) is 1. The van der Waals surface area contributed by atoms with Crippen LogP contribution in [-0.4, -0.2) is 18.5 Å². The Balaban J connectivity index is 1.93. The number of amides is 1. The Labute approximate surface area is 105 Å². The summed E-state index contributed by atoms with van der Waals surface area (Å²) in [5.74, 6) is 1.02. The third kappa shape index (κ3) is 2.82. The normalized spacial score (nSPS) is 32.4. The summed E-state index contributed by atoms with van der Waals surface area (Å²) in [5.41, 5.74) is 5.66. The second-order valence-corrected chi connectivity index (χ2v) is 6.15. The van der Waals surface area contributed by atoms with Gasteiger partial charge in [-0.05, 0) is 31.6 Å². The van der Waals surface area contributed by atoms with Crippen LogP contribution in [0.25, 0.3) is 0 Å². The van der Waals surface area contributed by atoms with E-state index in [2.05, 4.69) is 12.2 Å². The minimum atomic E-state index is -0.255. The Morgan fingerprint density at radius 2 is 1.82 bits per heavy atom. The van der Waals surface area contributed by atoms with E-state index in [1.807, 2.05) is 0 Å². The molecule has 0 radical (unpaired) electrons. The van der Waals surface area contributed by atoms with Gasteiger partial charge in [-0.15, -0.1) is 0 Å². The Morgan fingerprint density at radius 3 is 2.29 bits per heavy atom. The van der Waals surface area contributed by atoms with Crippen LogP contribution in [0.5, 0.6) is 0 Å². The molecule has 0 aliphatic heterocycles. The van der Waals surface area contributed by atoms with Gasteiger partial charge in [-0.1, -0.05) is 32.6 Å². The summed E-state index contributed by atoms with van der Waals surface area (Å²) in [5, 5.41) is 3.22. The van der Waals surface area contributed by atoms with E-state index in [0.29, 0.717) is 12.6 Å². The summed E-state index contributed by atoms with van der Waals surface area (Å²) in [4.78, 5) is 12.4. The molecule has 3 N–H and O–H groups in total. The van der Waals surface area contributed by atoms with Crippen molar-refractivity contribution >= 4 is 5.91 Å². The highest BCUT2D eigenvalue weighted by molar-refractivity contribution is 5.83. The molecule has 0 spiro atoms. The lowest BCUT2D eigenvalue weighted by Gasteiger charge is -2.38. The van der Waals surface area contributed by atoms with Crippen LogP contribution in [0.1, 0.15) is 58.3 Å². The summed E-state index contributed by atoms with van der Waals surface area (Å²) in [6.45, 7) is 2.76. The quantitative estimate of drug-likeness (QED) is 0.741. The van der Waals surface area contributed by atoms with Crippen LogP contribution in [0.2, 0.25) is 0 Å². The number of nitrogens with two attached hydrogens (primary N) is 1. The monoisotopic (exact) mass is 238 g/mol. The summed E-state index contributed by atoms with van der Waals surface area (Å²) >= 11 is 0. The van der Waals surface area contributed by atoms with Gasteiger partial charge in [-0.25, -0.2) is 0 Å². The molecule has 0 aromatic carbocycles. The van der Waals surface area contributed by atoms with Gasteiger partial charge < -0.3 is 11.1 Å². The van der Waals surface area contributed by atoms with E-state index in [1.165, 1.54) is 12.8 Å². The average Bonchev–Trinajstić information content (AvgIpc) is 2.53. The Hall–Kier alpha value is -0.570. The Kier molecular flexibility index (Phi) is 4.08. The number of carbonyl (C=O) groups is 1. The number of hydrogen-bond donors (Lipinski definition) is 2. The van der Waals surface area contributed by atoms with Crippen molar-refractivity contribution in [2.75, 3.05) is 6.54 Å². The lowest BCUT2D eigenvalue weighted by Crippen LogP contribution is -2.52. The third-order valence-corrected chi connectivity index (χ3v) is 4.64. The smallest absolute Gasteiger partial charge is 0.227 e. The van der Waals surface area contributed by atoms with E-state index in [9.17, 15) is 4.79 Å². The van der Waals surface area contributed by atoms with Crippen molar-refractivity contribution in [1.29, 1.82) is 0 Å². The van der Waals surface area contributed by atoms with Crippen molar-refractivity contribution in [3.63, 3.8) is 0 Å². The lowest BCUT2D eigenvalue weighted by atomic mass is 9.77. The topological polar surface area (TPSA) is 55.1 Å². The molecular formula is C14H26N2O.